The fourth-order valence-corrected chi connectivity index (χ4v) is 3.94. The second-order valence-electron chi connectivity index (χ2n) is 6.12. The Kier molecular flexibility index (Phi) is 6.65. The van der Waals surface area contributed by atoms with Crippen LogP contribution in [0.4, 0.5) is 0 Å². The molecule has 0 saturated heterocycles. The third-order valence-electron chi connectivity index (χ3n) is 4.02. The Labute approximate surface area is 152 Å². The van der Waals surface area contributed by atoms with Crippen LogP contribution < -0.4 is 0 Å². The second-order valence-corrected chi connectivity index (χ2v) is 7.92. The van der Waals surface area contributed by atoms with Gasteiger partial charge in [-0.2, -0.15) is 0 Å². The molecule has 0 aromatic heterocycles. The number of nitro groups is 1. The number of hydrogen-bond acceptors (Lipinski definition) is 5. The summed E-state index contributed by atoms with van der Waals surface area (Å²) in [7, 11) is -3.74. The summed E-state index contributed by atoms with van der Waals surface area (Å²) in [5, 5.41) is 21.6. The molecule has 0 amide bonds. The average molecular weight is 375 g/mol. The molecule has 7 heteroatoms. The maximum absolute atomic E-state index is 12.5. The molecule has 2 rings (SSSR count). The van der Waals surface area contributed by atoms with Crippen LogP contribution in [0.5, 0.6) is 0 Å². The van der Waals surface area contributed by atoms with Crippen molar-refractivity contribution in [1.29, 1.82) is 0 Å². The molecule has 138 valence electrons. The van der Waals surface area contributed by atoms with Gasteiger partial charge in [-0.15, -0.1) is 0 Å². The normalized spacial score (nSPS) is 13.4. The topological polar surface area (TPSA) is 97.5 Å². The maximum Gasteiger partial charge on any atom is 0.210 e. The van der Waals surface area contributed by atoms with Crippen LogP contribution in [0.2, 0.25) is 0 Å². The first-order valence-corrected chi connectivity index (χ1v) is 9.65. The van der Waals surface area contributed by atoms with Crippen molar-refractivity contribution >= 4 is 9.84 Å². The molecule has 1 N–H and O–H groups in total. The highest BCUT2D eigenvalue weighted by molar-refractivity contribution is 7.94. The van der Waals surface area contributed by atoms with E-state index in [0.29, 0.717) is 0 Å². The standard InChI is InChI=1S/C19H21NO5S/c1-15-7-9-19(10-8-15)26(24,25)14-16(13-21)11-18(12-20(22)23)17-5-3-2-4-6-17/h2-10,14,18,21H,11-13H2,1H3/b16-14-. The quantitative estimate of drug-likeness (QED) is 0.565. The summed E-state index contributed by atoms with van der Waals surface area (Å²) in [5.74, 6) is -0.516. The molecule has 1 atom stereocenters. The van der Waals surface area contributed by atoms with Gasteiger partial charge in [0.1, 0.15) is 0 Å². The molecule has 26 heavy (non-hydrogen) atoms. The highest BCUT2D eigenvalue weighted by Gasteiger charge is 2.21. The van der Waals surface area contributed by atoms with E-state index >= 15 is 0 Å². The lowest BCUT2D eigenvalue weighted by Gasteiger charge is -2.15. The van der Waals surface area contributed by atoms with E-state index in [1.54, 1.807) is 42.5 Å². The van der Waals surface area contributed by atoms with E-state index in [-0.39, 0.29) is 23.4 Å². The van der Waals surface area contributed by atoms with Gasteiger partial charge in [-0.1, -0.05) is 48.0 Å². The molecule has 0 bridgehead atoms. The van der Waals surface area contributed by atoms with E-state index in [2.05, 4.69) is 0 Å². The minimum absolute atomic E-state index is 0.0899. The zero-order valence-corrected chi connectivity index (χ0v) is 15.2. The van der Waals surface area contributed by atoms with Gasteiger partial charge in [0.25, 0.3) is 0 Å². The van der Waals surface area contributed by atoms with Crippen LogP contribution >= 0.6 is 0 Å². The highest BCUT2D eigenvalue weighted by Crippen LogP contribution is 2.25. The lowest BCUT2D eigenvalue weighted by molar-refractivity contribution is -0.483. The summed E-state index contributed by atoms with van der Waals surface area (Å²) in [5.41, 5.74) is 1.91. The molecule has 0 spiro atoms. The summed E-state index contributed by atoms with van der Waals surface area (Å²) >= 11 is 0. The van der Waals surface area contributed by atoms with Gasteiger partial charge in [-0.25, -0.2) is 8.42 Å². The largest absolute Gasteiger partial charge is 0.392 e. The van der Waals surface area contributed by atoms with Crippen molar-refractivity contribution in [2.24, 2.45) is 0 Å². The fourth-order valence-electron chi connectivity index (χ4n) is 2.67. The molecule has 2 aromatic rings. The van der Waals surface area contributed by atoms with E-state index in [4.69, 9.17) is 0 Å². The predicted octanol–water partition coefficient (Wildman–Crippen LogP) is 3.10. The van der Waals surface area contributed by atoms with E-state index < -0.39 is 27.3 Å². The van der Waals surface area contributed by atoms with Crippen molar-refractivity contribution in [2.75, 3.05) is 13.2 Å². The summed E-state index contributed by atoms with van der Waals surface area (Å²) in [6.07, 6.45) is 0.0899. The van der Waals surface area contributed by atoms with Crippen molar-refractivity contribution in [2.45, 2.75) is 24.2 Å². The Hall–Kier alpha value is -2.51. The summed E-state index contributed by atoms with van der Waals surface area (Å²) in [6, 6.07) is 15.3. The van der Waals surface area contributed by atoms with Crippen molar-refractivity contribution in [1.82, 2.24) is 0 Å². The number of sulfone groups is 1. The molecular weight excluding hydrogens is 354 g/mol. The van der Waals surface area contributed by atoms with Crippen molar-refractivity contribution in [3.05, 3.63) is 86.8 Å². The number of nitrogens with zero attached hydrogens (tertiary/aromatic N) is 1. The molecule has 0 aliphatic rings. The first-order valence-electron chi connectivity index (χ1n) is 8.10. The first-order chi connectivity index (χ1) is 12.3. The number of rotatable bonds is 8. The predicted molar refractivity (Wildman–Crippen MR) is 99.2 cm³/mol. The molecule has 1 unspecified atom stereocenters. The molecule has 0 aliphatic heterocycles. The Morgan fingerprint density at radius 3 is 2.31 bits per heavy atom. The summed E-state index contributed by atoms with van der Waals surface area (Å²) in [6.45, 7) is 1.03. The smallest absolute Gasteiger partial charge is 0.210 e. The van der Waals surface area contributed by atoms with E-state index in [1.165, 1.54) is 12.1 Å². The molecule has 0 fully saturated rings. The molecule has 0 heterocycles. The number of aryl methyl sites for hydroxylation is 1. The number of benzene rings is 2. The molecule has 6 nitrogen and oxygen atoms in total. The van der Waals surface area contributed by atoms with E-state index in [1.807, 2.05) is 6.92 Å². The van der Waals surface area contributed by atoms with Crippen LogP contribution in [0.1, 0.15) is 23.5 Å². The van der Waals surface area contributed by atoms with Crippen LogP contribution in [0.15, 0.2) is 70.5 Å². The number of aliphatic hydroxyl groups excluding tert-OH is 1. The molecule has 0 saturated carbocycles. The van der Waals surface area contributed by atoms with Crippen LogP contribution in [-0.4, -0.2) is 31.6 Å². The van der Waals surface area contributed by atoms with Crippen LogP contribution in [0, 0.1) is 17.0 Å². The molecule has 0 aliphatic carbocycles. The third-order valence-corrected chi connectivity index (χ3v) is 5.60. The second kappa shape index (κ2) is 8.73. The van der Waals surface area contributed by atoms with Crippen LogP contribution in [0.3, 0.4) is 0 Å². The Morgan fingerprint density at radius 2 is 1.77 bits per heavy atom. The minimum Gasteiger partial charge on any atom is -0.392 e. The van der Waals surface area contributed by atoms with Crippen LogP contribution in [0.25, 0.3) is 0 Å². The first kappa shape index (κ1) is 19.8. The minimum atomic E-state index is -3.74. The monoisotopic (exact) mass is 375 g/mol. The van der Waals surface area contributed by atoms with E-state index in [9.17, 15) is 23.6 Å². The lowest BCUT2D eigenvalue weighted by Crippen LogP contribution is -2.15. The molecule has 2 aromatic carbocycles. The zero-order valence-electron chi connectivity index (χ0n) is 14.4. The van der Waals surface area contributed by atoms with Gasteiger partial charge in [0, 0.05) is 10.3 Å². The third kappa shape index (κ3) is 5.50. The van der Waals surface area contributed by atoms with E-state index in [0.717, 1.165) is 16.5 Å². The van der Waals surface area contributed by atoms with Crippen molar-refractivity contribution in [3.63, 3.8) is 0 Å². The van der Waals surface area contributed by atoms with Crippen LogP contribution in [-0.2, 0) is 9.84 Å². The number of aliphatic hydroxyl groups is 1. The molecular formula is C19H21NO5S. The lowest BCUT2D eigenvalue weighted by atomic mass is 9.92. The Balaban J connectivity index is 2.31. The average Bonchev–Trinajstić information content (AvgIpc) is 2.61. The van der Waals surface area contributed by atoms with Gasteiger partial charge in [-0.05, 0) is 36.6 Å². The van der Waals surface area contributed by atoms with Crippen molar-refractivity contribution < 1.29 is 18.4 Å². The maximum atomic E-state index is 12.5. The van der Waals surface area contributed by atoms with Gasteiger partial charge >= 0.3 is 0 Å². The molecule has 0 radical (unpaired) electrons. The van der Waals surface area contributed by atoms with Crippen molar-refractivity contribution in [3.8, 4) is 0 Å². The SMILES string of the molecule is Cc1ccc(S(=O)(=O)/C=C(\CO)CC(C[N+](=O)[O-])c2ccccc2)cc1. The van der Waals surface area contributed by atoms with Gasteiger partial charge in [0.15, 0.2) is 9.84 Å². The fraction of sp³-hybridized carbons (Fsp3) is 0.263. The van der Waals surface area contributed by atoms with Gasteiger partial charge in [-0.3, -0.25) is 10.1 Å². The Morgan fingerprint density at radius 1 is 1.15 bits per heavy atom. The summed E-state index contributed by atoms with van der Waals surface area (Å²) in [4.78, 5) is 10.7. The van der Waals surface area contributed by atoms with Gasteiger partial charge in [0.05, 0.1) is 17.4 Å². The van der Waals surface area contributed by atoms with Gasteiger partial charge in [0.2, 0.25) is 6.54 Å². The number of hydrogen-bond donors (Lipinski definition) is 1. The highest BCUT2D eigenvalue weighted by atomic mass is 32.2. The zero-order chi connectivity index (χ0) is 19.2. The summed E-state index contributed by atoms with van der Waals surface area (Å²) < 4.78 is 25.1. The van der Waals surface area contributed by atoms with Gasteiger partial charge < -0.3 is 5.11 Å². The Bertz CT molecular complexity index is 874.